The maximum Gasteiger partial charge on any atom is 0.318 e. The van der Waals surface area contributed by atoms with Crippen LogP contribution >= 0.6 is 0 Å². The van der Waals surface area contributed by atoms with Gasteiger partial charge in [0.15, 0.2) is 11.5 Å². The largest absolute Gasteiger partial charge is 0.493 e. The molecule has 5 nitrogen and oxygen atoms in total. The average molecular weight is 356 g/mol. The zero-order valence-electron chi connectivity index (χ0n) is 16.0. The number of nitrogens with zero attached hydrogens (tertiary/aromatic N) is 1. The highest BCUT2D eigenvalue weighted by Gasteiger charge is 2.16. The van der Waals surface area contributed by atoms with E-state index in [1.165, 1.54) is 0 Å². The van der Waals surface area contributed by atoms with Crippen molar-refractivity contribution < 1.29 is 14.3 Å². The molecule has 0 spiro atoms. The second-order valence-corrected chi connectivity index (χ2v) is 6.44. The van der Waals surface area contributed by atoms with E-state index in [1.54, 1.807) is 7.11 Å². The van der Waals surface area contributed by atoms with Crippen LogP contribution in [0.3, 0.4) is 0 Å². The van der Waals surface area contributed by atoms with Gasteiger partial charge in [-0.3, -0.25) is 0 Å². The molecule has 5 heteroatoms. The molecule has 0 atom stereocenters. The summed E-state index contributed by atoms with van der Waals surface area (Å²) in [5, 5.41) is 2.92. The van der Waals surface area contributed by atoms with Crippen molar-refractivity contribution in [3.05, 3.63) is 59.7 Å². The zero-order chi connectivity index (χ0) is 18.9. The van der Waals surface area contributed by atoms with Crippen LogP contribution in [0, 0.1) is 6.92 Å². The lowest BCUT2D eigenvalue weighted by Gasteiger charge is -2.27. The molecule has 0 unspecified atom stereocenters. The first kappa shape index (κ1) is 19.6. The fraction of sp³-hybridized carbons (Fsp3) is 0.381. The van der Waals surface area contributed by atoms with Crippen LogP contribution in [0.1, 0.15) is 25.0 Å². The molecule has 0 aliphatic carbocycles. The van der Waals surface area contributed by atoms with Crippen molar-refractivity contribution in [3.8, 4) is 11.5 Å². The molecule has 140 valence electrons. The van der Waals surface area contributed by atoms with Crippen molar-refractivity contribution in [2.45, 2.75) is 33.4 Å². The highest BCUT2D eigenvalue weighted by Crippen LogP contribution is 2.27. The van der Waals surface area contributed by atoms with Gasteiger partial charge in [-0.05, 0) is 44.0 Å². The first-order chi connectivity index (χ1) is 12.5. The Morgan fingerprint density at radius 3 is 2.50 bits per heavy atom. The molecule has 2 rings (SSSR count). The van der Waals surface area contributed by atoms with Crippen molar-refractivity contribution in [2.75, 3.05) is 20.3 Å². The third kappa shape index (κ3) is 5.69. The van der Waals surface area contributed by atoms with Gasteiger partial charge in [-0.25, -0.2) is 4.79 Å². The van der Waals surface area contributed by atoms with Gasteiger partial charge >= 0.3 is 6.03 Å². The summed E-state index contributed by atoms with van der Waals surface area (Å²) in [4.78, 5) is 14.3. The van der Waals surface area contributed by atoms with Crippen molar-refractivity contribution in [3.63, 3.8) is 0 Å². The van der Waals surface area contributed by atoms with Crippen LogP contribution in [0.25, 0.3) is 0 Å². The third-order valence-corrected chi connectivity index (χ3v) is 4.03. The highest BCUT2D eigenvalue weighted by molar-refractivity contribution is 5.74. The van der Waals surface area contributed by atoms with Gasteiger partial charge in [0, 0.05) is 12.6 Å². The van der Waals surface area contributed by atoms with Crippen molar-refractivity contribution >= 4 is 6.03 Å². The monoisotopic (exact) mass is 356 g/mol. The van der Waals surface area contributed by atoms with Crippen LogP contribution < -0.4 is 14.8 Å². The predicted molar refractivity (Wildman–Crippen MR) is 104 cm³/mol. The van der Waals surface area contributed by atoms with E-state index in [4.69, 9.17) is 9.47 Å². The lowest BCUT2D eigenvalue weighted by molar-refractivity contribution is 0.177. The normalized spacial score (nSPS) is 10.5. The summed E-state index contributed by atoms with van der Waals surface area (Å²) in [6.07, 6.45) is 0. The second kappa shape index (κ2) is 9.70. The number of carbonyl (C=O) groups excluding carboxylic acids is 1. The molecule has 0 aliphatic rings. The van der Waals surface area contributed by atoms with Gasteiger partial charge in [0.25, 0.3) is 0 Å². The molecule has 2 amide bonds. The molecule has 0 heterocycles. The van der Waals surface area contributed by atoms with Crippen LogP contribution in [0.5, 0.6) is 11.5 Å². The van der Waals surface area contributed by atoms with Gasteiger partial charge in [-0.2, -0.15) is 0 Å². The first-order valence-corrected chi connectivity index (χ1v) is 8.87. The zero-order valence-corrected chi connectivity index (χ0v) is 16.0. The Bertz CT molecular complexity index is 702. The summed E-state index contributed by atoms with van der Waals surface area (Å²) < 4.78 is 11.1. The number of methoxy groups -OCH3 is 1. The van der Waals surface area contributed by atoms with Crippen LogP contribution in [-0.4, -0.2) is 37.2 Å². The SMILES string of the molecule is COc1cc(C)ccc1OCCNC(=O)N(Cc1ccccc1)C(C)C. The third-order valence-electron chi connectivity index (χ3n) is 4.03. The average Bonchev–Trinajstić information content (AvgIpc) is 2.64. The second-order valence-electron chi connectivity index (χ2n) is 6.44. The summed E-state index contributed by atoms with van der Waals surface area (Å²) >= 11 is 0. The number of nitrogens with one attached hydrogen (secondary N) is 1. The van der Waals surface area contributed by atoms with Crippen LogP contribution in [-0.2, 0) is 6.54 Å². The maximum atomic E-state index is 12.5. The van der Waals surface area contributed by atoms with E-state index >= 15 is 0 Å². The van der Waals surface area contributed by atoms with Gasteiger partial charge in [0.2, 0.25) is 0 Å². The van der Waals surface area contributed by atoms with Gasteiger partial charge in [0.1, 0.15) is 6.61 Å². The molecule has 0 saturated carbocycles. The minimum absolute atomic E-state index is 0.0941. The molecule has 0 radical (unpaired) electrons. The number of ether oxygens (including phenoxy) is 2. The Labute approximate surface area is 155 Å². The maximum absolute atomic E-state index is 12.5. The fourth-order valence-corrected chi connectivity index (χ4v) is 2.58. The molecule has 0 saturated heterocycles. The molecule has 0 aromatic heterocycles. The van der Waals surface area contributed by atoms with E-state index in [2.05, 4.69) is 5.32 Å². The number of carbonyl (C=O) groups is 1. The number of hydrogen-bond acceptors (Lipinski definition) is 3. The lowest BCUT2D eigenvalue weighted by Crippen LogP contribution is -2.44. The summed E-state index contributed by atoms with van der Waals surface area (Å²) in [7, 11) is 1.62. The minimum atomic E-state index is -0.0941. The lowest BCUT2D eigenvalue weighted by atomic mass is 10.2. The minimum Gasteiger partial charge on any atom is -0.493 e. The van der Waals surface area contributed by atoms with E-state index in [0.29, 0.717) is 31.2 Å². The Morgan fingerprint density at radius 1 is 1.12 bits per heavy atom. The van der Waals surface area contributed by atoms with Crippen LogP contribution in [0.4, 0.5) is 4.79 Å². The molecular weight excluding hydrogens is 328 g/mol. The van der Waals surface area contributed by atoms with E-state index in [9.17, 15) is 4.79 Å². The number of aryl methyl sites for hydroxylation is 1. The highest BCUT2D eigenvalue weighted by atomic mass is 16.5. The van der Waals surface area contributed by atoms with Gasteiger partial charge < -0.3 is 19.7 Å². The summed E-state index contributed by atoms with van der Waals surface area (Å²) in [5.41, 5.74) is 2.22. The predicted octanol–water partition coefficient (Wildman–Crippen LogP) is 4.00. The number of urea groups is 1. The Kier molecular flexibility index (Phi) is 7.33. The standard InChI is InChI=1S/C21H28N2O3/c1-16(2)23(15-18-8-6-5-7-9-18)21(24)22-12-13-26-19-11-10-17(3)14-20(19)25-4/h5-11,14,16H,12-13,15H2,1-4H3,(H,22,24). The first-order valence-electron chi connectivity index (χ1n) is 8.87. The molecule has 0 fully saturated rings. The molecule has 2 aromatic carbocycles. The Hall–Kier alpha value is -2.69. The Morgan fingerprint density at radius 2 is 1.85 bits per heavy atom. The molecule has 2 aromatic rings. The van der Waals surface area contributed by atoms with E-state index in [-0.39, 0.29) is 12.1 Å². The molecule has 0 aliphatic heterocycles. The summed E-state index contributed by atoms with van der Waals surface area (Å²) in [6.45, 7) is 7.40. The smallest absolute Gasteiger partial charge is 0.318 e. The molecule has 1 N–H and O–H groups in total. The van der Waals surface area contributed by atoms with Crippen molar-refractivity contribution in [1.82, 2.24) is 10.2 Å². The number of hydrogen-bond donors (Lipinski definition) is 1. The summed E-state index contributed by atoms with van der Waals surface area (Å²) in [6, 6.07) is 15.8. The van der Waals surface area contributed by atoms with Crippen molar-refractivity contribution in [1.29, 1.82) is 0 Å². The van der Waals surface area contributed by atoms with E-state index < -0.39 is 0 Å². The molecular formula is C21H28N2O3. The topological polar surface area (TPSA) is 50.8 Å². The van der Waals surface area contributed by atoms with E-state index in [0.717, 1.165) is 11.1 Å². The van der Waals surface area contributed by atoms with Gasteiger partial charge in [-0.1, -0.05) is 36.4 Å². The van der Waals surface area contributed by atoms with Gasteiger partial charge in [0.05, 0.1) is 13.7 Å². The van der Waals surface area contributed by atoms with Crippen molar-refractivity contribution in [2.24, 2.45) is 0 Å². The number of amides is 2. The van der Waals surface area contributed by atoms with Crippen LogP contribution in [0.15, 0.2) is 48.5 Å². The Balaban J connectivity index is 1.84. The quantitative estimate of drug-likeness (QED) is 0.727. The van der Waals surface area contributed by atoms with Crippen LogP contribution in [0.2, 0.25) is 0 Å². The molecule has 0 bridgehead atoms. The number of benzene rings is 2. The fourth-order valence-electron chi connectivity index (χ4n) is 2.58. The van der Waals surface area contributed by atoms with E-state index in [1.807, 2.05) is 74.2 Å². The number of rotatable bonds is 8. The van der Waals surface area contributed by atoms with Gasteiger partial charge in [-0.15, -0.1) is 0 Å². The molecule has 26 heavy (non-hydrogen) atoms. The summed E-state index contributed by atoms with van der Waals surface area (Å²) in [5.74, 6) is 1.38.